The molecule has 0 aliphatic heterocycles. The number of rotatable bonds is 4. The average molecular weight is 519 g/mol. The summed E-state index contributed by atoms with van der Waals surface area (Å²) in [4.78, 5) is 0. The van der Waals surface area contributed by atoms with Crippen molar-refractivity contribution in [2.45, 2.75) is 94.6 Å². The van der Waals surface area contributed by atoms with E-state index in [1.54, 1.807) is 11.1 Å². The smallest absolute Gasteiger partial charge is 0.147 e. The van der Waals surface area contributed by atoms with Gasteiger partial charge < -0.3 is 0 Å². The zero-order valence-corrected chi connectivity index (χ0v) is 23.9. The molecule has 4 heteroatoms. The largest absolute Gasteiger partial charge is 0.147 e. The van der Waals surface area contributed by atoms with E-state index in [0.717, 1.165) is 7.25 Å². The van der Waals surface area contributed by atoms with Crippen LogP contribution in [0.15, 0.2) is 45.6 Å². The normalized spacial score (nSPS) is 27.5. The molecule has 158 valence electrons. The van der Waals surface area contributed by atoms with E-state index in [9.17, 15) is 0 Å². The topological polar surface area (TPSA) is 0 Å². The minimum absolute atomic E-state index is 0. The molecule has 28 heavy (non-hydrogen) atoms. The van der Waals surface area contributed by atoms with Crippen LogP contribution in [0.2, 0.25) is 16.5 Å². The SMILES string of the molecule is CCC1=CC2=C(CCCC2)[CH]1[Zr]([CH3])([CH3])(=[SiH2])[CH]1C(CC)=CC2=C1CCCC2.Cl.Cl. The maximum atomic E-state index is 2.84. The van der Waals surface area contributed by atoms with Crippen LogP contribution in [0.1, 0.15) is 78.1 Å². The van der Waals surface area contributed by atoms with Gasteiger partial charge in [0.05, 0.1) is 0 Å². The number of hydrogen-bond acceptors (Lipinski definition) is 0. The zero-order valence-electron chi connectivity index (χ0n) is 18.4. The fraction of sp³-hybridized carbons (Fsp3) is 0.667. The predicted molar refractivity (Wildman–Crippen MR) is 130 cm³/mol. The van der Waals surface area contributed by atoms with Crippen LogP contribution in [0.5, 0.6) is 0 Å². The molecular weight excluding hydrogens is 478 g/mol. The van der Waals surface area contributed by atoms with Crippen molar-refractivity contribution in [3.63, 3.8) is 0 Å². The van der Waals surface area contributed by atoms with E-state index in [1.807, 2.05) is 22.3 Å². The van der Waals surface area contributed by atoms with Crippen molar-refractivity contribution in [3.05, 3.63) is 45.6 Å². The Morgan fingerprint density at radius 2 is 1.11 bits per heavy atom. The zero-order chi connectivity index (χ0) is 18.6. The fourth-order valence-electron chi connectivity index (χ4n) is 7.10. The summed E-state index contributed by atoms with van der Waals surface area (Å²) in [5.41, 5.74) is 11.0. The van der Waals surface area contributed by atoms with E-state index in [0.29, 0.717) is 0 Å². The first-order valence-electron chi connectivity index (χ1n) is 11.3. The summed E-state index contributed by atoms with van der Waals surface area (Å²) < 4.78 is 7.42. The van der Waals surface area contributed by atoms with Gasteiger partial charge in [0.1, 0.15) is 0 Å². The van der Waals surface area contributed by atoms with Crippen LogP contribution < -0.4 is 0 Å². The molecule has 0 nitrogen and oxygen atoms in total. The van der Waals surface area contributed by atoms with Crippen molar-refractivity contribution >= 4 is 31.7 Å². The summed E-state index contributed by atoms with van der Waals surface area (Å²) in [7, 11) is 0. The first-order valence-corrected chi connectivity index (χ1v) is 25.0. The number of halogens is 2. The Morgan fingerprint density at radius 3 is 1.46 bits per heavy atom. The molecule has 4 aliphatic rings. The van der Waals surface area contributed by atoms with Gasteiger partial charge in [0, 0.05) is 0 Å². The molecular formula is C24H40Cl2SiZr. The molecule has 0 aromatic heterocycles. The Labute approximate surface area is 188 Å². The first-order chi connectivity index (χ1) is 12.4. The third-order valence-corrected chi connectivity index (χ3v) is 25.7. The van der Waals surface area contributed by atoms with Gasteiger partial charge >= 0.3 is 164 Å². The maximum Gasteiger partial charge on any atom is -0.147 e. The second-order valence-corrected chi connectivity index (χ2v) is 40.9. The molecule has 0 amide bonds. The van der Waals surface area contributed by atoms with E-state index in [-0.39, 0.29) is 24.8 Å². The van der Waals surface area contributed by atoms with Crippen molar-refractivity contribution in [3.8, 4) is 0 Å². The van der Waals surface area contributed by atoms with E-state index >= 15 is 0 Å². The fourth-order valence-corrected chi connectivity index (χ4v) is 28.6. The Hall–Kier alpha value is 0.640. The molecule has 0 N–H and O–H groups in total. The summed E-state index contributed by atoms with van der Waals surface area (Å²) in [5.74, 6) is 0. The predicted octanol–water partition coefficient (Wildman–Crippen LogP) is 8.18. The molecule has 4 rings (SSSR count). The molecule has 0 radical (unpaired) electrons. The van der Waals surface area contributed by atoms with Crippen LogP contribution in [0.4, 0.5) is 0 Å². The molecule has 0 spiro atoms. The quantitative estimate of drug-likeness (QED) is 0.329. The Bertz CT molecular complexity index is 760. The Balaban J connectivity index is 0.00000140. The molecule has 2 atom stereocenters. The van der Waals surface area contributed by atoms with Gasteiger partial charge in [-0.15, -0.1) is 24.8 Å². The van der Waals surface area contributed by atoms with E-state index in [1.165, 1.54) is 64.2 Å². The summed E-state index contributed by atoms with van der Waals surface area (Å²) in [6, 6.07) is 0. The molecule has 0 fully saturated rings. The first kappa shape index (κ1) is 24.9. The van der Waals surface area contributed by atoms with Crippen LogP contribution in [-0.4, -0.2) is 6.88 Å². The third-order valence-electron chi connectivity index (χ3n) is 7.98. The van der Waals surface area contributed by atoms with Crippen LogP contribution in [-0.2, 0) is 17.4 Å². The average Bonchev–Trinajstić information content (AvgIpc) is 3.20. The minimum Gasteiger partial charge on any atom is -0.147 e. The van der Waals surface area contributed by atoms with Gasteiger partial charge in [-0.2, -0.15) is 0 Å². The molecule has 0 saturated heterocycles. The van der Waals surface area contributed by atoms with Crippen molar-refractivity contribution < 1.29 is 17.4 Å². The summed E-state index contributed by atoms with van der Waals surface area (Å²) in [6.07, 6.45) is 19.1. The van der Waals surface area contributed by atoms with Gasteiger partial charge in [0.2, 0.25) is 0 Å². The Morgan fingerprint density at radius 1 is 0.750 bits per heavy atom. The number of allylic oxidation sites excluding steroid dienone is 8. The molecule has 0 saturated carbocycles. The number of hydrogen-bond donors (Lipinski definition) is 0. The molecule has 0 bridgehead atoms. The monoisotopic (exact) mass is 516 g/mol. The summed E-state index contributed by atoms with van der Waals surface area (Å²) in [6.45, 7) is 7.40. The van der Waals surface area contributed by atoms with Crippen molar-refractivity contribution in [1.29, 1.82) is 0 Å². The summed E-state index contributed by atoms with van der Waals surface area (Å²) in [5, 5.41) is 0. The Kier molecular flexibility index (Phi) is 8.02. The van der Waals surface area contributed by atoms with Crippen LogP contribution in [0.3, 0.4) is 0 Å². The van der Waals surface area contributed by atoms with Crippen molar-refractivity contribution in [2.24, 2.45) is 0 Å². The van der Waals surface area contributed by atoms with Gasteiger partial charge in [-0.25, -0.2) is 0 Å². The van der Waals surface area contributed by atoms with Gasteiger partial charge in [0.25, 0.3) is 0 Å². The summed E-state index contributed by atoms with van der Waals surface area (Å²) >= 11 is -3.05. The van der Waals surface area contributed by atoms with E-state index in [2.05, 4.69) is 42.1 Å². The standard InChI is InChI=1S/2C11H15.2CH3.2ClH.H2Si.Zr/c2*1-2-9-7-10-5-3-4-6-11(10)8-9;;;;;;/h2*7-8H,2-6H2,1H3;2*1H3;2*1H;1H2;. The second kappa shape index (κ2) is 9.02. The molecule has 4 aliphatic carbocycles. The maximum absolute atomic E-state index is 3.05. The van der Waals surface area contributed by atoms with Gasteiger partial charge in [0.15, 0.2) is 0 Å². The van der Waals surface area contributed by atoms with Crippen LogP contribution >= 0.6 is 24.8 Å². The minimum atomic E-state index is -3.05. The molecule has 0 aromatic rings. The van der Waals surface area contributed by atoms with E-state index in [4.69, 9.17) is 0 Å². The third kappa shape index (κ3) is 3.94. The van der Waals surface area contributed by atoms with Crippen LogP contribution in [0.25, 0.3) is 0 Å². The second-order valence-electron chi connectivity index (χ2n) is 10.5. The van der Waals surface area contributed by atoms with Gasteiger partial charge in [-0.3, -0.25) is 0 Å². The molecule has 0 aromatic carbocycles. The van der Waals surface area contributed by atoms with Gasteiger partial charge in [-0.05, 0) is 0 Å². The van der Waals surface area contributed by atoms with E-state index < -0.39 is 17.4 Å². The van der Waals surface area contributed by atoms with Gasteiger partial charge in [-0.1, -0.05) is 0 Å². The van der Waals surface area contributed by atoms with Crippen molar-refractivity contribution in [2.75, 3.05) is 0 Å². The van der Waals surface area contributed by atoms with Crippen molar-refractivity contribution in [1.82, 2.24) is 0 Å². The molecule has 2 unspecified atom stereocenters. The van der Waals surface area contributed by atoms with Crippen LogP contribution in [0, 0.1) is 0 Å². The molecule has 0 heterocycles.